The van der Waals surface area contributed by atoms with Crippen LogP contribution in [0.15, 0.2) is 24.3 Å². The standard InChI is InChI=1S/C16H21N3/c1-10-8-9-15(14-7-5-4-6-13(10)14)17-16-11(2)18-19-12(16)3/h4-7,10,15,17H,8-9H2,1-3H3,(H,18,19). The Labute approximate surface area is 114 Å². The minimum atomic E-state index is 0.405. The van der Waals surface area contributed by atoms with Crippen molar-refractivity contribution in [3.8, 4) is 0 Å². The van der Waals surface area contributed by atoms with Crippen LogP contribution >= 0.6 is 0 Å². The van der Waals surface area contributed by atoms with Crippen LogP contribution in [0.4, 0.5) is 5.69 Å². The summed E-state index contributed by atoms with van der Waals surface area (Å²) in [5.41, 5.74) is 6.27. The fourth-order valence-electron chi connectivity index (χ4n) is 3.09. The minimum Gasteiger partial charge on any atom is -0.375 e. The van der Waals surface area contributed by atoms with Crippen LogP contribution < -0.4 is 5.32 Å². The quantitative estimate of drug-likeness (QED) is 0.849. The number of nitrogens with zero attached hydrogens (tertiary/aromatic N) is 1. The van der Waals surface area contributed by atoms with E-state index in [-0.39, 0.29) is 0 Å². The third-order valence-electron chi connectivity index (χ3n) is 4.24. The zero-order chi connectivity index (χ0) is 13.4. The van der Waals surface area contributed by atoms with Crippen LogP contribution in [-0.4, -0.2) is 10.2 Å². The fourth-order valence-corrected chi connectivity index (χ4v) is 3.09. The van der Waals surface area contributed by atoms with E-state index < -0.39 is 0 Å². The number of rotatable bonds is 2. The van der Waals surface area contributed by atoms with Crippen molar-refractivity contribution in [1.29, 1.82) is 0 Å². The Balaban J connectivity index is 1.93. The van der Waals surface area contributed by atoms with Gasteiger partial charge in [-0.15, -0.1) is 0 Å². The second-order valence-electron chi connectivity index (χ2n) is 5.61. The molecule has 3 nitrogen and oxygen atoms in total. The van der Waals surface area contributed by atoms with Crippen molar-refractivity contribution >= 4 is 5.69 Å². The van der Waals surface area contributed by atoms with Crippen LogP contribution in [-0.2, 0) is 0 Å². The molecule has 0 bridgehead atoms. The first-order chi connectivity index (χ1) is 9.16. The van der Waals surface area contributed by atoms with Crippen LogP contribution in [0.2, 0.25) is 0 Å². The van der Waals surface area contributed by atoms with Gasteiger partial charge < -0.3 is 5.32 Å². The summed E-state index contributed by atoms with van der Waals surface area (Å²) < 4.78 is 0. The molecular weight excluding hydrogens is 234 g/mol. The number of hydrogen-bond acceptors (Lipinski definition) is 2. The fraction of sp³-hybridized carbons (Fsp3) is 0.438. The Hall–Kier alpha value is -1.77. The van der Waals surface area contributed by atoms with Gasteiger partial charge in [-0.3, -0.25) is 5.10 Å². The number of nitrogens with one attached hydrogen (secondary N) is 2. The smallest absolute Gasteiger partial charge is 0.0825 e. The van der Waals surface area contributed by atoms with Gasteiger partial charge in [-0.2, -0.15) is 5.10 Å². The van der Waals surface area contributed by atoms with E-state index in [0.29, 0.717) is 12.0 Å². The van der Waals surface area contributed by atoms with Crippen molar-refractivity contribution in [2.75, 3.05) is 5.32 Å². The van der Waals surface area contributed by atoms with E-state index in [1.165, 1.54) is 24.0 Å². The monoisotopic (exact) mass is 255 g/mol. The number of benzene rings is 1. The summed E-state index contributed by atoms with van der Waals surface area (Å²) in [5.74, 6) is 0.667. The number of H-pyrrole nitrogens is 1. The molecule has 0 amide bonds. The molecule has 1 aliphatic carbocycles. The number of aromatic amines is 1. The third kappa shape index (κ3) is 2.14. The van der Waals surface area contributed by atoms with Gasteiger partial charge in [-0.05, 0) is 43.7 Å². The third-order valence-corrected chi connectivity index (χ3v) is 4.24. The van der Waals surface area contributed by atoms with E-state index in [2.05, 4.69) is 53.6 Å². The molecule has 2 atom stereocenters. The van der Waals surface area contributed by atoms with Gasteiger partial charge in [0.15, 0.2) is 0 Å². The molecular formula is C16H21N3. The van der Waals surface area contributed by atoms with E-state index in [1.54, 1.807) is 0 Å². The lowest BCUT2D eigenvalue weighted by atomic mass is 9.81. The van der Waals surface area contributed by atoms with Gasteiger partial charge in [0.25, 0.3) is 0 Å². The van der Waals surface area contributed by atoms with E-state index in [9.17, 15) is 0 Å². The molecule has 0 radical (unpaired) electrons. The second-order valence-corrected chi connectivity index (χ2v) is 5.61. The molecule has 1 aromatic heterocycles. The average molecular weight is 255 g/mol. The lowest BCUT2D eigenvalue weighted by Crippen LogP contribution is -2.19. The molecule has 0 aliphatic heterocycles. The van der Waals surface area contributed by atoms with Gasteiger partial charge in [0.2, 0.25) is 0 Å². The van der Waals surface area contributed by atoms with Crippen molar-refractivity contribution in [1.82, 2.24) is 10.2 Å². The van der Waals surface area contributed by atoms with Gasteiger partial charge in [-0.1, -0.05) is 31.2 Å². The lowest BCUT2D eigenvalue weighted by molar-refractivity contribution is 0.534. The van der Waals surface area contributed by atoms with E-state index in [0.717, 1.165) is 17.1 Å². The zero-order valence-corrected chi connectivity index (χ0v) is 11.8. The van der Waals surface area contributed by atoms with Gasteiger partial charge in [-0.25, -0.2) is 0 Å². The van der Waals surface area contributed by atoms with Gasteiger partial charge in [0.1, 0.15) is 0 Å². The highest BCUT2D eigenvalue weighted by Gasteiger charge is 2.25. The number of aromatic nitrogens is 2. The van der Waals surface area contributed by atoms with Crippen LogP contribution in [0.25, 0.3) is 0 Å². The molecule has 100 valence electrons. The molecule has 2 aromatic rings. The highest BCUT2D eigenvalue weighted by Crippen LogP contribution is 2.39. The van der Waals surface area contributed by atoms with Crippen LogP contribution in [0, 0.1) is 13.8 Å². The topological polar surface area (TPSA) is 40.7 Å². The van der Waals surface area contributed by atoms with Crippen molar-refractivity contribution in [2.45, 2.75) is 45.6 Å². The van der Waals surface area contributed by atoms with E-state index in [1.807, 2.05) is 6.92 Å². The van der Waals surface area contributed by atoms with Crippen LogP contribution in [0.5, 0.6) is 0 Å². The highest BCUT2D eigenvalue weighted by molar-refractivity contribution is 5.54. The largest absolute Gasteiger partial charge is 0.375 e. The highest BCUT2D eigenvalue weighted by atomic mass is 15.2. The second kappa shape index (κ2) is 4.72. The average Bonchev–Trinajstić information content (AvgIpc) is 2.74. The number of hydrogen-bond donors (Lipinski definition) is 2. The Kier molecular flexibility index (Phi) is 3.05. The molecule has 0 saturated carbocycles. The van der Waals surface area contributed by atoms with Crippen molar-refractivity contribution in [3.05, 3.63) is 46.8 Å². The summed E-state index contributed by atoms with van der Waals surface area (Å²) in [6, 6.07) is 9.21. The molecule has 3 rings (SSSR count). The number of fused-ring (bicyclic) bond motifs is 1. The predicted octanol–water partition coefficient (Wildman–Crippen LogP) is 4.08. The maximum absolute atomic E-state index is 4.27. The van der Waals surface area contributed by atoms with Crippen molar-refractivity contribution in [2.24, 2.45) is 0 Å². The first kappa shape index (κ1) is 12.3. The predicted molar refractivity (Wildman–Crippen MR) is 78.5 cm³/mol. The molecule has 3 heteroatoms. The van der Waals surface area contributed by atoms with Crippen LogP contribution in [0.1, 0.15) is 54.2 Å². The summed E-state index contributed by atoms with van der Waals surface area (Å²) in [4.78, 5) is 0. The van der Waals surface area contributed by atoms with Gasteiger partial charge in [0, 0.05) is 0 Å². The molecule has 0 saturated heterocycles. The molecule has 1 aromatic carbocycles. The van der Waals surface area contributed by atoms with Gasteiger partial charge in [0.05, 0.1) is 23.1 Å². The molecule has 1 heterocycles. The molecule has 2 unspecified atom stereocenters. The molecule has 0 spiro atoms. The SMILES string of the molecule is Cc1n[nH]c(C)c1NC1CCC(C)c2ccccc21. The van der Waals surface area contributed by atoms with Crippen molar-refractivity contribution < 1.29 is 0 Å². The van der Waals surface area contributed by atoms with Crippen LogP contribution in [0.3, 0.4) is 0 Å². The molecule has 0 fully saturated rings. The maximum Gasteiger partial charge on any atom is 0.0825 e. The Morgan fingerprint density at radius 1 is 1.16 bits per heavy atom. The Morgan fingerprint density at radius 2 is 1.89 bits per heavy atom. The van der Waals surface area contributed by atoms with Gasteiger partial charge >= 0.3 is 0 Å². The Morgan fingerprint density at radius 3 is 2.58 bits per heavy atom. The lowest BCUT2D eigenvalue weighted by Gasteiger charge is -2.31. The normalized spacial score (nSPS) is 22.1. The maximum atomic E-state index is 4.27. The minimum absolute atomic E-state index is 0.405. The number of anilines is 1. The molecule has 1 aliphatic rings. The summed E-state index contributed by atoms with van der Waals surface area (Å²) in [5, 5.41) is 11.0. The Bertz CT molecular complexity index is 566. The zero-order valence-electron chi connectivity index (χ0n) is 11.8. The summed E-state index contributed by atoms with van der Waals surface area (Å²) in [6.07, 6.45) is 2.42. The number of aryl methyl sites for hydroxylation is 2. The first-order valence-corrected chi connectivity index (χ1v) is 7.03. The summed E-state index contributed by atoms with van der Waals surface area (Å²) in [7, 11) is 0. The van der Waals surface area contributed by atoms with E-state index >= 15 is 0 Å². The molecule has 19 heavy (non-hydrogen) atoms. The summed E-state index contributed by atoms with van der Waals surface area (Å²) >= 11 is 0. The summed E-state index contributed by atoms with van der Waals surface area (Å²) in [6.45, 7) is 6.44. The first-order valence-electron chi connectivity index (χ1n) is 7.03. The molecule has 2 N–H and O–H groups in total. The van der Waals surface area contributed by atoms with E-state index in [4.69, 9.17) is 0 Å². The van der Waals surface area contributed by atoms with Crippen molar-refractivity contribution in [3.63, 3.8) is 0 Å².